The zero-order valence-electron chi connectivity index (χ0n) is 13.4. The quantitative estimate of drug-likeness (QED) is 0.871. The van der Waals surface area contributed by atoms with Gasteiger partial charge in [-0.25, -0.2) is 0 Å². The fraction of sp³-hybridized carbons (Fsp3) is 0.389. The molecule has 2 aromatic rings. The Hall–Kier alpha value is -1.39. The highest BCUT2D eigenvalue weighted by molar-refractivity contribution is 7.99. The number of H-pyrrole nitrogens is 1. The van der Waals surface area contributed by atoms with Gasteiger partial charge in [-0.15, -0.1) is 0 Å². The fourth-order valence-corrected chi connectivity index (χ4v) is 3.94. The first-order valence-electron chi connectivity index (χ1n) is 7.96. The number of aromatic amines is 1. The monoisotopic (exact) mass is 348 g/mol. The van der Waals surface area contributed by atoms with E-state index in [2.05, 4.69) is 16.8 Å². The molecule has 3 nitrogen and oxygen atoms in total. The van der Waals surface area contributed by atoms with Crippen molar-refractivity contribution < 1.29 is 0 Å². The number of hydrogen-bond acceptors (Lipinski definition) is 3. The molecule has 122 valence electrons. The first-order valence-corrected chi connectivity index (χ1v) is 9.15. The van der Waals surface area contributed by atoms with Gasteiger partial charge in [-0.1, -0.05) is 42.4 Å². The van der Waals surface area contributed by atoms with E-state index in [1.54, 1.807) is 0 Å². The number of aryl methyl sites for hydroxylation is 1. The molecule has 1 aromatic carbocycles. The molecule has 0 amide bonds. The molecule has 0 saturated carbocycles. The van der Waals surface area contributed by atoms with Gasteiger partial charge in [0.05, 0.1) is 9.92 Å². The van der Waals surface area contributed by atoms with Gasteiger partial charge in [0, 0.05) is 18.0 Å². The fourth-order valence-electron chi connectivity index (χ4n) is 2.78. The average Bonchev–Trinajstić information content (AvgIpc) is 2.54. The molecule has 1 saturated heterocycles. The van der Waals surface area contributed by atoms with Crippen LogP contribution in [0.5, 0.6) is 0 Å². The van der Waals surface area contributed by atoms with E-state index in [0.717, 1.165) is 35.3 Å². The number of aromatic nitrogens is 1. The van der Waals surface area contributed by atoms with E-state index in [9.17, 15) is 4.79 Å². The molecule has 1 fully saturated rings. The lowest BCUT2D eigenvalue weighted by Crippen LogP contribution is -2.34. The summed E-state index contributed by atoms with van der Waals surface area (Å²) >= 11 is 7.74. The summed E-state index contributed by atoms with van der Waals surface area (Å²) in [5.74, 6) is 1.69. The van der Waals surface area contributed by atoms with E-state index in [1.165, 1.54) is 24.6 Å². The number of nitrogens with zero attached hydrogens (tertiary/aromatic N) is 1. The summed E-state index contributed by atoms with van der Waals surface area (Å²) < 4.78 is 0. The maximum Gasteiger partial charge on any atom is 0.263 e. The number of anilines is 1. The van der Waals surface area contributed by atoms with Crippen molar-refractivity contribution in [2.45, 2.75) is 36.5 Å². The van der Waals surface area contributed by atoms with Gasteiger partial charge < -0.3 is 9.88 Å². The van der Waals surface area contributed by atoms with Crippen LogP contribution >= 0.6 is 23.4 Å². The Balaban J connectivity index is 1.80. The standard InChI is InChI=1S/C18H21ClN2OS/c1-12-8-10-21(11-9-12)16-7-6-15(18(22)20-16)23-14-5-3-4-13(2)17(14)19/h3-7,12H,8-11H2,1-2H3,(H,20,22). The van der Waals surface area contributed by atoms with Crippen LogP contribution in [0.3, 0.4) is 0 Å². The van der Waals surface area contributed by atoms with Gasteiger partial charge in [0.25, 0.3) is 5.56 Å². The predicted molar refractivity (Wildman–Crippen MR) is 98.0 cm³/mol. The second kappa shape index (κ2) is 7.02. The van der Waals surface area contributed by atoms with Crippen LogP contribution in [-0.4, -0.2) is 18.1 Å². The molecular formula is C18H21ClN2OS. The lowest BCUT2D eigenvalue weighted by Gasteiger charge is -2.31. The zero-order chi connectivity index (χ0) is 16.4. The normalized spacial score (nSPS) is 15.9. The summed E-state index contributed by atoms with van der Waals surface area (Å²) in [4.78, 5) is 19.3. The van der Waals surface area contributed by atoms with Gasteiger partial charge in [-0.3, -0.25) is 4.79 Å². The maximum atomic E-state index is 12.4. The Bertz CT molecular complexity index is 751. The minimum Gasteiger partial charge on any atom is -0.358 e. The summed E-state index contributed by atoms with van der Waals surface area (Å²) in [7, 11) is 0. The topological polar surface area (TPSA) is 36.1 Å². The van der Waals surface area contributed by atoms with Gasteiger partial charge in [0.15, 0.2) is 0 Å². The Morgan fingerprint density at radius 3 is 2.61 bits per heavy atom. The number of pyridine rings is 1. The minimum atomic E-state index is -0.0521. The van der Waals surface area contributed by atoms with Crippen LogP contribution in [0.15, 0.2) is 44.9 Å². The summed E-state index contributed by atoms with van der Waals surface area (Å²) in [6.45, 7) is 6.27. The van der Waals surface area contributed by atoms with Crippen molar-refractivity contribution in [2.24, 2.45) is 5.92 Å². The number of halogens is 1. The molecular weight excluding hydrogens is 328 g/mol. The lowest BCUT2D eigenvalue weighted by molar-refractivity contribution is 0.436. The molecule has 3 rings (SSSR count). The van der Waals surface area contributed by atoms with Crippen LogP contribution in [0.25, 0.3) is 0 Å². The summed E-state index contributed by atoms with van der Waals surface area (Å²) in [5.41, 5.74) is 0.968. The molecule has 0 radical (unpaired) electrons. The zero-order valence-corrected chi connectivity index (χ0v) is 15.0. The molecule has 1 aliphatic rings. The predicted octanol–water partition coefficient (Wildman–Crippen LogP) is 4.72. The van der Waals surface area contributed by atoms with Crippen LogP contribution < -0.4 is 10.5 Å². The largest absolute Gasteiger partial charge is 0.358 e. The molecule has 5 heteroatoms. The van der Waals surface area contributed by atoms with Crippen molar-refractivity contribution >= 4 is 29.2 Å². The third-order valence-electron chi connectivity index (χ3n) is 4.36. The Kier molecular flexibility index (Phi) is 5.02. The summed E-state index contributed by atoms with van der Waals surface area (Å²) in [6, 6.07) is 9.77. The highest BCUT2D eigenvalue weighted by atomic mass is 35.5. The second-order valence-electron chi connectivity index (χ2n) is 6.20. The molecule has 23 heavy (non-hydrogen) atoms. The smallest absolute Gasteiger partial charge is 0.263 e. The van der Waals surface area contributed by atoms with Crippen molar-refractivity contribution in [1.29, 1.82) is 0 Å². The lowest BCUT2D eigenvalue weighted by atomic mass is 9.99. The molecule has 1 aromatic heterocycles. The second-order valence-corrected chi connectivity index (χ2v) is 7.66. The average molecular weight is 349 g/mol. The van der Waals surface area contributed by atoms with E-state index in [-0.39, 0.29) is 5.56 Å². The van der Waals surface area contributed by atoms with Gasteiger partial charge in [-0.05, 0) is 49.4 Å². The highest BCUT2D eigenvalue weighted by Crippen LogP contribution is 2.33. The van der Waals surface area contributed by atoms with E-state index in [0.29, 0.717) is 9.92 Å². The maximum absolute atomic E-state index is 12.4. The molecule has 0 atom stereocenters. The Labute approximate surface area is 146 Å². The van der Waals surface area contributed by atoms with Gasteiger partial charge in [0.1, 0.15) is 5.82 Å². The molecule has 0 bridgehead atoms. The molecule has 0 aliphatic carbocycles. The minimum absolute atomic E-state index is 0.0521. The van der Waals surface area contributed by atoms with Crippen molar-refractivity contribution in [3.8, 4) is 0 Å². The number of benzene rings is 1. The number of piperidine rings is 1. The van der Waals surface area contributed by atoms with E-state index in [4.69, 9.17) is 11.6 Å². The number of hydrogen-bond donors (Lipinski definition) is 1. The summed E-state index contributed by atoms with van der Waals surface area (Å²) in [6.07, 6.45) is 2.36. The van der Waals surface area contributed by atoms with Crippen LogP contribution in [-0.2, 0) is 0 Å². The van der Waals surface area contributed by atoms with E-state index < -0.39 is 0 Å². The molecule has 1 N–H and O–H groups in total. The third-order valence-corrected chi connectivity index (χ3v) is 6.07. The van der Waals surface area contributed by atoms with Crippen molar-refractivity contribution in [3.05, 3.63) is 51.3 Å². The molecule has 0 spiro atoms. The Morgan fingerprint density at radius 1 is 1.17 bits per heavy atom. The molecule has 0 unspecified atom stereocenters. The number of nitrogens with one attached hydrogen (secondary N) is 1. The van der Waals surface area contributed by atoms with Crippen LogP contribution in [0, 0.1) is 12.8 Å². The summed E-state index contributed by atoms with van der Waals surface area (Å²) in [5, 5.41) is 0.714. The SMILES string of the molecule is Cc1cccc(Sc2ccc(N3CCC(C)CC3)[nH]c2=O)c1Cl. The first-order chi connectivity index (χ1) is 11.0. The van der Waals surface area contributed by atoms with Gasteiger partial charge in [0.2, 0.25) is 0 Å². The van der Waals surface area contributed by atoms with Crippen molar-refractivity contribution in [2.75, 3.05) is 18.0 Å². The number of rotatable bonds is 3. The third kappa shape index (κ3) is 3.75. The van der Waals surface area contributed by atoms with Crippen LogP contribution in [0.2, 0.25) is 5.02 Å². The first kappa shape index (κ1) is 16.5. The van der Waals surface area contributed by atoms with Crippen molar-refractivity contribution in [3.63, 3.8) is 0 Å². The van der Waals surface area contributed by atoms with Gasteiger partial charge in [-0.2, -0.15) is 0 Å². The van der Waals surface area contributed by atoms with E-state index in [1.807, 2.05) is 37.3 Å². The van der Waals surface area contributed by atoms with Gasteiger partial charge >= 0.3 is 0 Å². The molecule has 1 aliphatic heterocycles. The van der Waals surface area contributed by atoms with Crippen LogP contribution in [0.1, 0.15) is 25.3 Å². The Morgan fingerprint density at radius 2 is 1.91 bits per heavy atom. The molecule has 2 heterocycles. The highest BCUT2D eigenvalue weighted by Gasteiger charge is 2.17. The van der Waals surface area contributed by atoms with E-state index >= 15 is 0 Å². The van der Waals surface area contributed by atoms with Crippen molar-refractivity contribution in [1.82, 2.24) is 4.98 Å². The van der Waals surface area contributed by atoms with Crippen LogP contribution in [0.4, 0.5) is 5.82 Å².